The lowest BCUT2D eigenvalue weighted by Crippen LogP contribution is -2.40. The van der Waals surface area contributed by atoms with Gasteiger partial charge in [0.05, 0.1) is 30.1 Å². The van der Waals surface area contributed by atoms with E-state index in [0.717, 1.165) is 5.56 Å². The second-order valence-electron chi connectivity index (χ2n) is 7.66. The highest BCUT2D eigenvalue weighted by atomic mass is 35.5. The zero-order valence-electron chi connectivity index (χ0n) is 18.7. The molecule has 0 bridgehead atoms. The molecule has 0 radical (unpaired) electrons. The number of carbonyl (C=O) groups excluding carboxylic acids is 1. The number of fused-ring (bicyclic) bond motifs is 1. The molecule has 1 atom stereocenters. The van der Waals surface area contributed by atoms with Gasteiger partial charge in [-0.2, -0.15) is 0 Å². The number of amides is 1. The van der Waals surface area contributed by atoms with Crippen molar-refractivity contribution in [2.45, 2.75) is 38.8 Å². The zero-order chi connectivity index (χ0) is 22.9. The quantitative estimate of drug-likeness (QED) is 0.402. The van der Waals surface area contributed by atoms with E-state index in [1.165, 1.54) is 0 Å². The predicted molar refractivity (Wildman–Crippen MR) is 128 cm³/mol. The van der Waals surface area contributed by atoms with Crippen molar-refractivity contribution in [3.8, 4) is 0 Å². The highest BCUT2D eigenvalue weighted by molar-refractivity contribution is 6.17. The third-order valence-electron chi connectivity index (χ3n) is 5.52. The number of alkyl halides is 1. The topological polar surface area (TPSA) is 64.4 Å². The first-order valence-corrected chi connectivity index (χ1v) is 11.5. The van der Waals surface area contributed by atoms with Crippen LogP contribution < -0.4 is 5.56 Å². The maximum absolute atomic E-state index is 13.5. The van der Waals surface area contributed by atoms with Gasteiger partial charge in [0.15, 0.2) is 0 Å². The number of halogens is 1. The summed E-state index contributed by atoms with van der Waals surface area (Å²) in [6.07, 6.45) is 1.57. The number of para-hydroxylation sites is 1. The van der Waals surface area contributed by atoms with Gasteiger partial charge in [0.1, 0.15) is 5.82 Å². The number of hydrogen-bond donors (Lipinski definition) is 0. The number of ether oxygens (including phenoxy) is 1. The molecule has 0 aliphatic carbocycles. The molecule has 0 saturated carbocycles. The summed E-state index contributed by atoms with van der Waals surface area (Å²) in [6, 6.07) is 16.8. The molecule has 170 valence electrons. The summed E-state index contributed by atoms with van der Waals surface area (Å²) < 4.78 is 6.98. The first-order chi connectivity index (χ1) is 15.6. The summed E-state index contributed by atoms with van der Waals surface area (Å²) in [5.41, 5.74) is 1.53. The van der Waals surface area contributed by atoms with Crippen LogP contribution in [0.15, 0.2) is 59.4 Å². The standard InChI is InChI=1S/C25H30ClN3O3/c1-3-22(28(16-17-32-2)23(30)14-9-15-26)24-27-21-13-8-7-12-20(21)25(31)29(24)18-19-10-5-4-6-11-19/h4-8,10-13,22H,3,9,14-18H2,1-2H3. The van der Waals surface area contributed by atoms with Crippen molar-refractivity contribution in [2.75, 3.05) is 26.1 Å². The van der Waals surface area contributed by atoms with E-state index in [9.17, 15) is 9.59 Å². The molecule has 1 unspecified atom stereocenters. The maximum atomic E-state index is 13.5. The van der Waals surface area contributed by atoms with E-state index in [1.54, 1.807) is 22.6 Å². The van der Waals surface area contributed by atoms with Crippen LogP contribution >= 0.6 is 11.6 Å². The molecule has 0 saturated heterocycles. The van der Waals surface area contributed by atoms with Crippen LogP contribution in [0.4, 0.5) is 0 Å². The zero-order valence-corrected chi connectivity index (χ0v) is 19.4. The second-order valence-corrected chi connectivity index (χ2v) is 8.04. The molecule has 0 aliphatic heterocycles. The third kappa shape index (κ3) is 5.56. The van der Waals surface area contributed by atoms with Crippen molar-refractivity contribution in [3.63, 3.8) is 0 Å². The Bertz CT molecular complexity index is 1080. The van der Waals surface area contributed by atoms with Crippen molar-refractivity contribution < 1.29 is 9.53 Å². The van der Waals surface area contributed by atoms with E-state index in [0.29, 0.717) is 61.6 Å². The Hall–Kier alpha value is -2.70. The minimum absolute atomic E-state index is 0.0109. The number of hydrogen-bond acceptors (Lipinski definition) is 4. The van der Waals surface area contributed by atoms with Crippen LogP contribution in [0.5, 0.6) is 0 Å². The van der Waals surface area contributed by atoms with Crippen molar-refractivity contribution in [1.29, 1.82) is 0 Å². The summed E-state index contributed by atoms with van der Waals surface area (Å²) >= 11 is 5.83. The highest BCUT2D eigenvalue weighted by Gasteiger charge is 2.28. The molecule has 0 N–H and O–H groups in total. The fraction of sp³-hybridized carbons (Fsp3) is 0.400. The van der Waals surface area contributed by atoms with Crippen molar-refractivity contribution in [2.24, 2.45) is 0 Å². The van der Waals surface area contributed by atoms with Crippen LogP contribution in [0.2, 0.25) is 0 Å². The van der Waals surface area contributed by atoms with Gasteiger partial charge in [-0.3, -0.25) is 14.2 Å². The minimum Gasteiger partial charge on any atom is -0.383 e. The van der Waals surface area contributed by atoms with E-state index >= 15 is 0 Å². The Balaban J connectivity index is 2.14. The van der Waals surface area contributed by atoms with Gasteiger partial charge in [0.2, 0.25) is 5.91 Å². The van der Waals surface area contributed by atoms with Crippen LogP contribution in [0.1, 0.15) is 43.6 Å². The average molecular weight is 456 g/mol. The molecular weight excluding hydrogens is 426 g/mol. The fourth-order valence-electron chi connectivity index (χ4n) is 3.91. The van der Waals surface area contributed by atoms with Gasteiger partial charge in [-0.15, -0.1) is 11.6 Å². The Morgan fingerprint density at radius 3 is 2.56 bits per heavy atom. The van der Waals surface area contributed by atoms with Gasteiger partial charge in [0.25, 0.3) is 5.56 Å². The number of benzene rings is 2. The summed E-state index contributed by atoms with van der Waals surface area (Å²) in [4.78, 5) is 33.3. The third-order valence-corrected chi connectivity index (χ3v) is 5.78. The number of aromatic nitrogens is 2. The predicted octanol–water partition coefficient (Wildman–Crippen LogP) is 4.39. The van der Waals surface area contributed by atoms with Crippen LogP contribution in [0, 0.1) is 0 Å². The first kappa shape index (κ1) is 24.0. The van der Waals surface area contributed by atoms with Gasteiger partial charge < -0.3 is 9.64 Å². The highest BCUT2D eigenvalue weighted by Crippen LogP contribution is 2.25. The number of carbonyl (C=O) groups is 1. The van der Waals surface area contributed by atoms with Crippen LogP contribution in [0.25, 0.3) is 10.9 Å². The van der Waals surface area contributed by atoms with Crippen molar-refractivity contribution in [3.05, 3.63) is 76.3 Å². The Morgan fingerprint density at radius 2 is 1.88 bits per heavy atom. The lowest BCUT2D eigenvalue weighted by molar-refractivity contribution is -0.134. The van der Waals surface area contributed by atoms with Crippen LogP contribution in [0.3, 0.4) is 0 Å². The molecule has 0 spiro atoms. The van der Waals surface area contributed by atoms with E-state index in [2.05, 4.69) is 0 Å². The molecule has 3 rings (SSSR count). The molecular formula is C25H30ClN3O3. The number of nitrogens with zero attached hydrogens (tertiary/aromatic N) is 3. The van der Waals surface area contributed by atoms with Gasteiger partial charge >= 0.3 is 0 Å². The molecule has 1 amide bonds. The molecule has 3 aromatic rings. The van der Waals surface area contributed by atoms with Crippen LogP contribution in [-0.2, 0) is 16.1 Å². The van der Waals surface area contributed by atoms with Crippen molar-refractivity contribution in [1.82, 2.24) is 14.5 Å². The van der Waals surface area contributed by atoms with Crippen LogP contribution in [-0.4, -0.2) is 46.5 Å². The van der Waals surface area contributed by atoms with Gasteiger partial charge in [-0.25, -0.2) is 4.98 Å². The molecule has 32 heavy (non-hydrogen) atoms. The molecule has 1 aromatic heterocycles. The molecule has 7 heteroatoms. The molecule has 6 nitrogen and oxygen atoms in total. The lowest BCUT2D eigenvalue weighted by atomic mass is 10.1. The second kappa shape index (κ2) is 11.8. The maximum Gasteiger partial charge on any atom is 0.261 e. The largest absolute Gasteiger partial charge is 0.383 e. The van der Waals surface area contributed by atoms with E-state index < -0.39 is 0 Å². The first-order valence-electron chi connectivity index (χ1n) is 11.0. The Morgan fingerprint density at radius 1 is 1.16 bits per heavy atom. The average Bonchev–Trinajstić information content (AvgIpc) is 2.83. The SMILES string of the molecule is CCC(c1nc2ccccc2c(=O)n1Cc1ccccc1)N(CCOC)C(=O)CCCCl. The van der Waals surface area contributed by atoms with Crippen molar-refractivity contribution >= 4 is 28.4 Å². The summed E-state index contributed by atoms with van der Waals surface area (Å²) in [5.74, 6) is 1.01. The normalized spacial score (nSPS) is 12.1. The van der Waals surface area contributed by atoms with E-state index in [4.69, 9.17) is 21.3 Å². The van der Waals surface area contributed by atoms with Gasteiger partial charge in [-0.1, -0.05) is 49.4 Å². The fourth-order valence-corrected chi connectivity index (χ4v) is 4.04. The van der Waals surface area contributed by atoms with Gasteiger partial charge in [-0.05, 0) is 30.5 Å². The molecule has 2 aromatic carbocycles. The van der Waals surface area contributed by atoms with E-state index in [-0.39, 0.29) is 17.5 Å². The summed E-state index contributed by atoms with van der Waals surface area (Å²) in [6.45, 7) is 3.22. The number of methoxy groups -OCH3 is 1. The molecule has 0 aliphatic rings. The summed E-state index contributed by atoms with van der Waals surface area (Å²) in [7, 11) is 1.61. The Labute approximate surface area is 193 Å². The Kier molecular flexibility index (Phi) is 8.82. The molecule has 0 fully saturated rings. The summed E-state index contributed by atoms with van der Waals surface area (Å²) in [5, 5.41) is 0.568. The lowest BCUT2D eigenvalue weighted by Gasteiger charge is -2.32. The number of rotatable bonds is 11. The monoisotopic (exact) mass is 455 g/mol. The van der Waals surface area contributed by atoms with E-state index in [1.807, 2.05) is 55.5 Å². The smallest absolute Gasteiger partial charge is 0.261 e. The van der Waals surface area contributed by atoms with Gasteiger partial charge in [0, 0.05) is 26.0 Å². The minimum atomic E-state index is -0.353. The molecule has 1 heterocycles.